The molecule has 0 bridgehead atoms. The van der Waals surface area contributed by atoms with E-state index in [-0.39, 0.29) is 5.91 Å². The van der Waals surface area contributed by atoms with Crippen LogP contribution in [-0.2, 0) is 0 Å². The molecule has 120 valence electrons. The number of benzene rings is 1. The molecule has 1 aromatic carbocycles. The van der Waals surface area contributed by atoms with Gasteiger partial charge in [0.1, 0.15) is 11.8 Å². The maximum atomic E-state index is 12.5. The molecule has 0 unspecified atom stereocenters. The molecular weight excluding hydrogens is 310 g/mol. The van der Waals surface area contributed by atoms with Crippen molar-refractivity contribution in [1.82, 2.24) is 9.88 Å². The summed E-state index contributed by atoms with van der Waals surface area (Å²) < 4.78 is 1.75. The molecule has 0 fully saturated rings. The fourth-order valence-corrected chi connectivity index (χ4v) is 2.73. The first-order valence-corrected chi connectivity index (χ1v) is 8.12. The zero-order chi connectivity index (χ0) is 16.8. The van der Waals surface area contributed by atoms with Crippen molar-refractivity contribution in [1.29, 1.82) is 5.26 Å². The highest BCUT2D eigenvalue weighted by atomic mass is 35.5. The number of nitrogens with one attached hydrogen (secondary N) is 1. The average Bonchev–Trinajstić information content (AvgIpc) is 2.95. The largest absolute Gasteiger partial charge is 0.351 e. The van der Waals surface area contributed by atoms with Gasteiger partial charge >= 0.3 is 0 Å². The number of aromatic nitrogens is 1. The number of hydrogen-bond acceptors (Lipinski definition) is 2. The minimum Gasteiger partial charge on any atom is -0.351 e. The van der Waals surface area contributed by atoms with Crippen LogP contribution >= 0.6 is 11.6 Å². The van der Waals surface area contributed by atoms with Crippen molar-refractivity contribution in [3.63, 3.8) is 0 Å². The van der Waals surface area contributed by atoms with Crippen molar-refractivity contribution >= 4 is 17.5 Å². The van der Waals surface area contributed by atoms with Crippen LogP contribution in [-0.4, -0.2) is 17.0 Å². The monoisotopic (exact) mass is 329 g/mol. The number of carbonyl (C=O) groups is 1. The molecule has 0 atom stereocenters. The third-order valence-corrected chi connectivity index (χ3v) is 3.94. The van der Waals surface area contributed by atoms with E-state index in [4.69, 9.17) is 11.6 Å². The van der Waals surface area contributed by atoms with E-state index in [1.165, 1.54) is 0 Å². The van der Waals surface area contributed by atoms with Gasteiger partial charge in [-0.25, -0.2) is 0 Å². The zero-order valence-electron chi connectivity index (χ0n) is 13.4. The summed E-state index contributed by atoms with van der Waals surface area (Å²) >= 11 is 6.00. The highest BCUT2D eigenvalue weighted by Crippen LogP contribution is 2.23. The van der Waals surface area contributed by atoms with Crippen LogP contribution in [0.3, 0.4) is 0 Å². The number of hydrogen-bond donors (Lipinski definition) is 1. The van der Waals surface area contributed by atoms with E-state index in [0.717, 1.165) is 30.5 Å². The molecule has 1 N–H and O–H groups in total. The summed E-state index contributed by atoms with van der Waals surface area (Å²) in [6.07, 6.45) is 4.85. The van der Waals surface area contributed by atoms with Crippen LogP contribution in [0.5, 0.6) is 0 Å². The smallest absolute Gasteiger partial charge is 0.269 e. The predicted molar refractivity (Wildman–Crippen MR) is 92.1 cm³/mol. The van der Waals surface area contributed by atoms with Gasteiger partial charge in [0, 0.05) is 23.5 Å². The Labute approximate surface area is 141 Å². The first-order chi connectivity index (χ1) is 11.1. The van der Waals surface area contributed by atoms with Crippen LogP contribution in [0.15, 0.2) is 30.5 Å². The lowest BCUT2D eigenvalue weighted by atomic mass is 10.2. The third-order valence-electron chi connectivity index (χ3n) is 3.71. The molecule has 1 heterocycles. The van der Waals surface area contributed by atoms with Crippen LogP contribution in [0.1, 0.15) is 47.8 Å². The Hall–Kier alpha value is -2.25. The molecule has 0 spiro atoms. The Morgan fingerprint density at radius 3 is 2.78 bits per heavy atom. The molecule has 0 radical (unpaired) electrons. The van der Waals surface area contributed by atoms with E-state index in [2.05, 4.69) is 18.3 Å². The van der Waals surface area contributed by atoms with Crippen molar-refractivity contribution in [2.45, 2.75) is 33.1 Å². The Kier molecular flexibility index (Phi) is 5.84. The molecule has 1 aromatic heterocycles. The molecule has 4 nitrogen and oxygen atoms in total. The fourth-order valence-electron chi connectivity index (χ4n) is 2.50. The van der Waals surface area contributed by atoms with Crippen LogP contribution < -0.4 is 5.32 Å². The number of carbonyl (C=O) groups excluding carboxylic acids is 1. The second-order valence-electron chi connectivity index (χ2n) is 5.45. The van der Waals surface area contributed by atoms with E-state index in [9.17, 15) is 10.1 Å². The summed E-state index contributed by atoms with van der Waals surface area (Å²) in [5, 5.41) is 12.8. The molecule has 0 aliphatic carbocycles. The summed E-state index contributed by atoms with van der Waals surface area (Å²) in [6, 6.07) is 9.22. The van der Waals surface area contributed by atoms with Gasteiger partial charge in [0.2, 0.25) is 0 Å². The van der Waals surface area contributed by atoms with Crippen LogP contribution in [0.25, 0.3) is 5.69 Å². The van der Waals surface area contributed by atoms with Crippen molar-refractivity contribution in [2.75, 3.05) is 6.54 Å². The molecule has 2 rings (SSSR count). The molecular formula is C18H20ClN3O. The van der Waals surface area contributed by atoms with E-state index in [0.29, 0.717) is 22.8 Å². The Balaban J connectivity index is 2.33. The fraction of sp³-hybridized carbons (Fsp3) is 0.333. The van der Waals surface area contributed by atoms with Crippen LogP contribution in [0, 0.1) is 18.3 Å². The second-order valence-corrected chi connectivity index (χ2v) is 5.89. The van der Waals surface area contributed by atoms with Gasteiger partial charge in [-0.15, -0.1) is 0 Å². The minimum atomic E-state index is -0.225. The summed E-state index contributed by atoms with van der Waals surface area (Å²) in [5.41, 5.74) is 2.52. The van der Waals surface area contributed by atoms with E-state index < -0.39 is 0 Å². The molecule has 0 aliphatic heterocycles. The molecule has 0 aliphatic rings. The van der Waals surface area contributed by atoms with Crippen molar-refractivity contribution in [2.24, 2.45) is 0 Å². The van der Waals surface area contributed by atoms with Crippen LogP contribution in [0.2, 0.25) is 5.02 Å². The number of nitriles is 1. The number of unbranched alkanes of at least 4 members (excludes halogenated alkanes) is 2. The summed E-state index contributed by atoms with van der Waals surface area (Å²) in [7, 11) is 0. The van der Waals surface area contributed by atoms with Gasteiger partial charge in [0.05, 0.1) is 5.56 Å². The lowest BCUT2D eigenvalue weighted by Crippen LogP contribution is -2.27. The van der Waals surface area contributed by atoms with Gasteiger partial charge in [0.15, 0.2) is 0 Å². The lowest BCUT2D eigenvalue weighted by Gasteiger charge is -2.13. The minimum absolute atomic E-state index is 0.225. The van der Waals surface area contributed by atoms with Gasteiger partial charge in [-0.1, -0.05) is 31.4 Å². The first-order valence-electron chi connectivity index (χ1n) is 7.74. The van der Waals surface area contributed by atoms with E-state index in [1.54, 1.807) is 22.9 Å². The number of aryl methyl sites for hydroxylation is 1. The highest BCUT2D eigenvalue weighted by molar-refractivity contribution is 6.30. The zero-order valence-corrected chi connectivity index (χ0v) is 14.2. The normalized spacial score (nSPS) is 10.3. The van der Waals surface area contributed by atoms with Crippen molar-refractivity contribution in [3.05, 3.63) is 52.3 Å². The Bertz CT molecular complexity index is 743. The maximum absolute atomic E-state index is 12.5. The summed E-state index contributed by atoms with van der Waals surface area (Å²) in [4.78, 5) is 12.5. The average molecular weight is 330 g/mol. The molecule has 5 heteroatoms. The Morgan fingerprint density at radius 2 is 2.13 bits per heavy atom. The SMILES string of the molecule is CCCCCNC(=O)c1c(C#N)ccn1-c1ccc(Cl)cc1C. The van der Waals surface area contributed by atoms with Gasteiger partial charge in [-0.05, 0) is 43.2 Å². The molecule has 1 amide bonds. The Morgan fingerprint density at radius 1 is 1.35 bits per heavy atom. The van der Waals surface area contributed by atoms with E-state index >= 15 is 0 Å². The molecule has 0 saturated carbocycles. The lowest BCUT2D eigenvalue weighted by molar-refractivity contribution is 0.0946. The maximum Gasteiger partial charge on any atom is 0.269 e. The van der Waals surface area contributed by atoms with Crippen molar-refractivity contribution in [3.8, 4) is 11.8 Å². The quantitative estimate of drug-likeness (QED) is 0.806. The van der Waals surface area contributed by atoms with Gasteiger partial charge in [0.25, 0.3) is 5.91 Å². The van der Waals surface area contributed by atoms with Gasteiger partial charge < -0.3 is 9.88 Å². The third kappa shape index (κ3) is 3.94. The summed E-state index contributed by atoms with van der Waals surface area (Å²) in [5.74, 6) is -0.225. The van der Waals surface area contributed by atoms with Crippen molar-refractivity contribution < 1.29 is 4.79 Å². The predicted octanol–water partition coefficient (Wildman–Crippen LogP) is 4.23. The molecule has 2 aromatic rings. The number of rotatable bonds is 6. The van der Waals surface area contributed by atoms with Gasteiger partial charge in [-0.3, -0.25) is 4.79 Å². The van der Waals surface area contributed by atoms with Crippen LogP contribution in [0.4, 0.5) is 0 Å². The second kappa shape index (κ2) is 7.85. The topological polar surface area (TPSA) is 57.8 Å². The first kappa shape index (κ1) is 17.1. The number of amides is 1. The highest BCUT2D eigenvalue weighted by Gasteiger charge is 2.18. The number of nitrogens with zero attached hydrogens (tertiary/aromatic N) is 2. The van der Waals surface area contributed by atoms with E-state index in [1.807, 2.05) is 19.1 Å². The van der Waals surface area contributed by atoms with Gasteiger partial charge in [-0.2, -0.15) is 5.26 Å². The standard InChI is InChI=1S/C18H20ClN3O/c1-3-4-5-9-21-18(23)17-14(12-20)8-10-22(17)16-7-6-15(19)11-13(16)2/h6-8,10-11H,3-5,9H2,1-2H3,(H,21,23). The molecule has 0 saturated heterocycles. The summed E-state index contributed by atoms with van der Waals surface area (Å²) in [6.45, 7) is 4.66. The molecule has 23 heavy (non-hydrogen) atoms. The number of halogens is 1.